The maximum absolute atomic E-state index is 5.43. The molecular formula is C11H12BrNO. The lowest BCUT2D eigenvalue weighted by Gasteiger charge is -2.06. The maximum Gasteiger partial charge on any atom is 0.121 e. The molecule has 0 fully saturated rings. The van der Waals surface area contributed by atoms with Gasteiger partial charge in [-0.2, -0.15) is 0 Å². The topological polar surface area (TPSA) is 21.6 Å². The molecule has 0 amide bonds. The molecule has 0 saturated carbocycles. The van der Waals surface area contributed by atoms with E-state index in [1.165, 1.54) is 0 Å². The van der Waals surface area contributed by atoms with Crippen molar-refractivity contribution in [3.05, 3.63) is 30.3 Å². The van der Waals surface area contributed by atoms with Crippen LogP contribution in [0.3, 0.4) is 0 Å². The normalized spacial score (nSPS) is 9.50. The minimum Gasteiger partial charge on any atom is -0.493 e. The Morgan fingerprint density at radius 1 is 1.50 bits per heavy atom. The first-order valence-electron chi connectivity index (χ1n) is 4.23. The number of benzene rings is 1. The smallest absolute Gasteiger partial charge is 0.121 e. The van der Waals surface area contributed by atoms with Crippen LogP contribution in [0.25, 0.3) is 6.08 Å². The zero-order chi connectivity index (χ0) is 10.4. The van der Waals surface area contributed by atoms with E-state index in [-0.39, 0.29) is 0 Å². The molecule has 2 nitrogen and oxygen atoms in total. The summed E-state index contributed by atoms with van der Waals surface area (Å²) in [6.07, 6.45) is 1.75. The molecule has 0 aromatic heterocycles. The van der Waals surface area contributed by atoms with Gasteiger partial charge in [-0.05, 0) is 24.4 Å². The standard InChI is InChI=1S/C11H12BrNO/c1-3-9-4-5-10(14-7-6-12)8-11(9)13-2/h3-5,8H,1-2,6-7H2. The summed E-state index contributed by atoms with van der Waals surface area (Å²) in [6, 6.07) is 5.67. The van der Waals surface area contributed by atoms with Crippen LogP contribution in [0.4, 0.5) is 5.69 Å². The van der Waals surface area contributed by atoms with Crippen LogP contribution in [0.5, 0.6) is 5.75 Å². The quantitative estimate of drug-likeness (QED) is 0.582. The molecule has 74 valence electrons. The lowest BCUT2D eigenvalue weighted by Crippen LogP contribution is -1.97. The summed E-state index contributed by atoms with van der Waals surface area (Å²) in [7, 11) is 0. The third kappa shape index (κ3) is 2.70. The number of ether oxygens (including phenoxy) is 1. The Bertz CT molecular complexity index is 336. The fourth-order valence-corrected chi connectivity index (χ4v) is 1.24. The van der Waals surface area contributed by atoms with Crippen LogP contribution >= 0.6 is 15.9 Å². The SMILES string of the molecule is C=Cc1ccc(OCCBr)cc1N=C. The van der Waals surface area contributed by atoms with E-state index in [9.17, 15) is 0 Å². The van der Waals surface area contributed by atoms with Crippen molar-refractivity contribution < 1.29 is 4.74 Å². The summed E-state index contributed by atoms with van der Waals surface area (Å²) in [5.41, 5.74) is 1.76. The minimum absolute atomic E-state index is 0.643. The van der Waals surface area contributed by atoms with Crippen molar-refractivity contribution in [2.75, 3.05) is 11.9 Å². The third-order valence-corrected chi connectivity index (χ3v) is 2.06. The van der Waals surface area contributed by atoms with Crippen molar-refractivity contribution in [3.63, 3.8) is 0 Å². The van der Waals surface area contributed by atoms with Gasteiger partial charge in [0.2, 0.25) is 0 Å². The van der Waals surface area contributed by atoms with Crippen molar-refractivity contribution in [1.29, 1.82) is 0 Å². The highest BCUT2D eigenvalue weighted by atomic mass is 79.9. The molecule has 0 N–H and O–H groups in total. The molecule has 1 rings (SSSR count). The Hall–Kier alpha value is -1.09. The van der Waals surface area contributed by atoms with Crippen LogP contribution in [0.1, 0.15) is 5.56 Å². The fourth-order valence-electron chi connectivity index (χ4n) is 1.08. The molecule has 0 unspecified atom stereocenters. The predicted octanol–water partition coefficient (Wildman–Crippen LogP) is 3.44. The molecule has 0 heterocycles. The number of aliphatic imine (C=N–C) groups is 1. The number of hydrogen-bond donors (Lipinski definition) is 0. The fraction of sp³-hybridized carbons (Fsp3) is 0.182. The lowest BCUT2D eigenvalue weighted by molar-refractivity contribution is 0.345. The van der Waals surface area contributed by atoms with E-state index in [0.717, 1.165) is 22.3 Å². The van der Waals surface area contributed by atoms with Gasteiger partial charge < -0.3 is 4.74 Å². The van der Waals surface area contributed by atoms with Crippen molar-refractivity contribution in [2.24, 2.45) is 4.99 Å². The number of rotatable bonds is 5. The highest BCUT2D eigenvalue weighted by Crippen LogP contribution is 2.25. The van der Waals surface area contributed by atoms with Gasteiger partial charge in [-0.15, -0.1) is 0 Å². The molecule has 0 saturated heterocycles. The van der Waals surface area contributed by atoms with Gasteiger partial charge in [-0.1, -0.05) is 28.6 Å². The Balaban J connectivity index is 2.89. The summed E-state index contributed by atoms with van der Waals surface area (Å²) < 4.78 is 5.43. The zero-order valence-corrected chi connectivity index (χ0v) is 9.46. The summed E-state index contributed by atoms with van der Waals surface area (Å²) in [5, 5.41) is 0.813. The van der Waals surface area contributed by atoms with E-state index in [0.29, 0.717) is 6.61 Å². The van der Waals surface area contributed by atoms with Gasteiger partial charge in [0.15, 0.2) is 0 Å². The van der Waals surface area contributed by atoms with Gasteiger partial charge in [-0.3, -0.25) is 4.99 Å². The van der Waals surface area contributed by atoms with Crippen molar-refractivity contribution in [1.82, 2.24) is 0 Å². The Morgan fingerprint density at radius 2 is 2.29 bits per heavy atom. The largest absolute Gasteiger partial charge is 0.493 e. The van der Waals surface area contributed by atoms with Crippen LogP contribution in [0.2, 0.25) is 0 Å². The molecule has 1 aromatic carbocycles. The molecule has 3 heteroatoms. The first-order valence-corrected chi connectivity index (χ1v) is 5.36. The third-order valence-electron chi connectivity index (χ3n) is 1.74. The first kappa shape index (κ1) is 11.0. The van der Waals surface area contributed by atoms with Crippen molar-refractivity contribution in [2.45, 2.75) is 0 Å². The number of alkyl halides is 1. The van der Waals surface area contributed by atoms with Gasteiger partial charge in [0.05, 0.1) is 12.3 Å². The highest BCUT2D eigenvalue weighted by Gasteiger charge is 1.99. The lowest BCUT2D eigenvalue weighted by atomic mass is 10.2. The van der Waals surface area contributed by atoms with E-state index in [4.69, 9.17) is 4.74 Å². The van der Waals surface area contributed by atoms with Crippen molar-refractivity contribution in [3.8, 4) is 5.75 Å². The number of halogens is 1. The molecule has 0 atom stereocenters. The van der Waals surface area contributed by atoms with E-state index in [1.807, 2.05) is 18.2 Å². The number of hydrogen-bond acceptors (Lipinski definition) is 2. The summed E-state index contributed by atoms with van der Waals surface area (Å²) in [5.74, 6) is 0.803. The molecule has 14 heavy (non-hydrogen) atoms. The minimum atomic E-state index is 0.643. The molecule has 0 aliphatic rings. The van der Waals surface area contributed by atoms with Crippen LogP contribution in [0, 0.1) is 0 Å². The average molecular weight is 254 g/mol. The van der Waals surface area contributed by atoms with E-state index in [2.05, 4.69) is 34.2 Å². The Morgan fingerprint density at radius 3 is 2.86 bits per heavy atom. The molecule has 1 aromatic rings. The Labute approximate surface area is 92.4 Å². The molecule has 0 aliphatic heterocycles. The monoisotopic (exact) mass is 253 g/mol. The second kappa shape index (κ2) is 5.60. The molecule has 0 spiro atoms. The van der Waals surface area contributed by atoms with E-state index in [1.54, 1.807) is 6.08 Å². The molecule has 0 bridgehead atoms. The van der Waals surface area contributed by atoms with Gasteiger partial charge in [-0.25, -0.2) is 0 Å². The molecule has 0 radical (unpaired) electrons. The second-order valence-electron chi connectivity index (χ2n) is 2.62. The molecular weight excluding hydrogens is 242 g/mol. The van der Waals surface area contributed by atoms with Crippen LogP contribution < -0.4 is 4.74 Å². The van der Waals surface area contributed by atoms with Gasteiger partial charge >= 0.3 is 0 Å². The van der Waals surface area contributed by atoms with Gasteiger partial charge in [0.1, 0.15) is 5.75 Å². The van der Waals surface area contributed by atoms with Gasteiger partial charge in [0.25, 0.3) is 0 Å². The number of nitrogens with zero attached hydrogens (tertiary/aromatic N) is 1. The van der Waals surface area contributed by atoms with Gasteiger partial charge in [0, 0.05) is 11.4 Å². The summed E-state index contributed by atoms with van der Waals surface area (Å²) in [4.78, 5) is 3.90. The summed E-state index contributed by atoms with van der Waals surface area (Å²) >= 11 is 3.29. The van der Waals surface area contributed by atoms with Crippen LogP contribution in [-0.4, -0.2) is 18.7 Å². The van der Waals surface area contributed by atoms with Crippen molar-refractivity contribution >= 4 is 34.4 Å². The van der Waals surface area contributed by atoms with Crippen LogP contribution in [-0.2, 0) is 0 Å². The van der Waals surface area contributed by atoms with E-state index >= 15 is 0 Å². The maximum atomic E-state index is 5.43. The predicted molar refractivity (Wildman–Crippen MR) is 65.0 cm³/mol. The summed E-state index contributed by atoms with van der Waals surface area (Å²) in [6.45, 7) is 7.84. The average Bonchev–Trinajstić information content (AvgIpc) is 2.25. The second-order valence-corrected chi connectivity index (χ2v) is 3.41. The highest BCUT2D eigenvalue weighted by molar-refractivity contribution is 9.09. The zero-order valence-electron chi connectivity index (χ0n) is 7.87. The van der Waals surface area contributed by atoms with E-state index < -0.39 is 0 Å². The van der Waals surface area contributed by atoms with Crippen LogP contribution in [0.15, 0.2) is 29.8 Å². The Kier molecular flexibility index (Phi) is 4.40. The first-order chi connectivity index (χ1) is 6.81. The molecule has 0 aliphatic carbocycles.